The van der Waals surface area contributed by atoms with Gasteiger partial charge in [0, 0.05) is 24.3 Å². The van der Waals surface area contributed by atoms with Crippen molar-refractivity contribution in [1.82, 2.24) is 15.2 Å². The number of nitrogens with one attached hydrogen (secondary N) is 1. The molecule has 1 heterocycles. The fourth-order valence-corrected chi connectivity index (χ4v) is 1.93. The zero-order chi connectivity index (χ0) is 15.2. The van der Waals surface area contributed by atoms with Gasteiger partial charge in [0.1, 0.15) is 0 Å². The summed E-state index contributed by atoms with van der Waals surface area (Å²) in [6, 6.07) is 7.25. The maximum atomic E-state index is 11.2. The zero-order valence-electron chi connectivity index (χ0n) is 12.5. The molecule has 1 aromatic heterocycles. The number of hydrogen-bond donors (Lipinski definition) is 1. The Labute approximate surface area is 124 Å². The van der Waals surface area contributed by atoms with Crippen molar-refractivity contribution in [2.45, 2.75) is 20.8 Å². The number of ketones is 1. The molecule has 0 unspecified atom stereocenters. The molecule has 110 valence electrons. The van der Waals surface area contributed by atoms with Gasteiger partial charge < -0.3 is 10.2 Å². The monoisotopic (exact) mass is 285 g/mol. The van der Waals surface area contributed by atoms with Crippen LogP contribution in [-0.4, -0.2) is 34.1 Å². The summed E-state index contributed by atoms with van der Waals surface area (Å²) in [6.07, 6.45) is 1.58. The predicted molar refractivity (Wildman–Crippen MR) is 83.1 cm³/mol. The highest BCUT2D eigenvalue weighted by molar-refractivity contribution is 5.94. The molecule has 1 aromatic carbocycles. The van der Waals surface area contributed by atoms with E-state index in [9.17, 15) is 4.79 Å². The summed E-state index contributed by atoms with van der Waals surface area (Å²) >= 11 is 0. The van der Waals surface area contributed by atoms with Crippen LogP contribution in [0.3, 0.4) is 0 Å². The second-order valence-electron chi connectivity index (χ2n) is 4.57. The molecule has 0 saturated carbocycles. The summed E-state index contributed by atoms with van der Waals surface area (Å²) < 4.78 is 0. The van der Waals surface area contributed by atoms with E-state index in [4.69, 9.17) is 0 Å². The molecule has 6 heteroatoms. The number of Topliss-reactive ketones (excluding diaryl/α,β-unsaturated/α-hetero) is 1. The number of nitrogens with zero attached hydrogens (tertiary/aromatic N) is 4. The molecule has 0 bridgehead atoms. The SMILES string of the molecule is CCN(CC)c1nncc(Nc2ccc(C(C)=O)cc2)n1. The molecule has 0 atom stereocenters. The molecule has 0 spiro atoms. The van der Waals surface area contributed by atoms with Crippen molar-refractivity contribution in [2.75, 3.05) is 23.3 Å². The van der Waals surface area contributed by atoms with Crippen LogP contribution in [0.2, 0.25) is 0 Å². The van der Waals surface area contributed by atoms with E-state index >= 15 is 0 Å². The molecule has 0 fully saturated rings. The minimum absolute atomic E-state index is 0.0501. The molecule has 21 heavy (non-hydrogen) atoms. The van der Waals surface area contributed by atoms with Gasteiger partial charge in [-0.2, -0.15) is 10.1 Å². The largest absolute Gasteiger partial charge is 0.340 e. The van der Waals surface area contributed by atoms with Crippen LogP contribution >= 0.6 is 0 Å². The summed E-state index contributed by atoms with van der Waals surface area (Å²) in [7, 11) is 0. The number of benzene rings is 1. The first-order chi connectivity index (χ1) is 10.1. The molecular formula is C15H19N5O. The molecule has 0 aliphatic heterocycles. The van der Waals surface area contributed by atoms with Crippen LogP contribution in [0.1, 0.15) is 31.1 Å². The van der Waals surface area contributed by atoms with E-state index in [0.29, 0.717) is 17.3 Å². The second-order valence-corrected chi connectivity index (χ2v) is 4.57. The highest BCUT2D eigenvalue weighted by Gasteiger charge is 2.07. The molecular weight excluding hydrogens is 266 g/mol. The zero-order valence-corrected chi connectivity index (χ0v) is 12.5. The average molecular weight is 285 g/mol. The first kappa shape index (κ1) is 14.9. The van der Waals surface area contributed by atoms with Crippen molar-refractivity contribution in [2.24, 2.45) is 0 Å². The number of anilines is 3. The third-order valence-corrected chi connectivity index (χ3v) is 3.16. The van der Waals surface area contributed by atoms with E-state index in [2.05, 4.69) is 20.5 Å². The van der Waals surface area contributed by atoms with Crippen molar-refractivity contribution in [3.05, 3.63) is 36.0 Å². The molecule has 0 aliphatic rings. The van der Waals surface area contributed by atoms with Gasteiger partial charge in [-0.1, -0.05) is 0 Å². The van der Waals surface area contributed by atoms with Crippen molar-refractivity contribution in [1.29, 1.82) is 0 Å². The van der Waals surface area contributed by atoms with Crippen molar-refractivity contribution >= 4 is 23.2 Å². The molecule has 0 saturated heterocycles. The number of hydrogen-bond acceptors (Lipinski definition) is 6. The minimum atomic E-state index is 0.0501. The minimum Gasteiger partial charge on any atom is -0.340 e. The summed E-state index contributed by atoms with van der Waals surface area (Å²) in [5.74, 6) is 1.28. The van der Waals surface area contributed by atoms with Crippen molar-refractivity contribution < 1.29 is 4.79 Å². The Morgan fingerprint density at radius 2 is 1.86 bits per heavy atom. The van der Waals surface area contributed by atoms with Crippen molar-refractivity contribution in [3.8, 4) is 0 Å². The highest BCUT2D eigenvalue weighted by Crippen LogP contribution is 2.16. The Balaban J connectivity index is 2.15. The number of rotatable bonds is 6. The number of aromatic nitrogens is 3. The first-order valence-electron chi connectivity index (χ1n) is 6.96. The fraction of sp³-hybridized carbons (Fsp3) is 0.333. The van der Waals surface area contributed by atoms with Crippen LogP contribution in [0, 0.1) is 0 Å². The van der Waals surface area contributed by atoms with Crippen LogP contribution in [0.15, 0.2) is 30.5 Å². The van der Waals surface area contributed by atoms with Gasteiger partial charge in [-0.05, 0) is 45.0 Å². The van der Waals surface area contributed by atoms with Gasteiger partial charge in [-0.3, -0.25) is 4.79 Å². The molecule has 2 rings (SSSR count). The van der Waals surface area contributed by atoms with Gasteiger partial charge >= 0.3 is 0 Å². The third-order valence-electron chi connectivity index (χ3n) is 3.16. The van der Waals surface area contributed by atoms with E-state index in [1.165, 1.54) is 0 Å². The number of carbonyl (C=O) groups excluding carboxylic acids is 1. The summed E-state index contributed by atoms with van der Waals surface area (Å²) in [6.45, 7) is 7.30. The van der Waals surface area contributed by atoms with E-state index in [1.807, 2.05) is 30.9 Å². The summed E-state index contributed by atoms with van der Waals surface area (Å²) in [5, 5.41) is 11.2. The maximum absolute atomic E-state index is 11.2. The topological polar surface area (TPSA) is 71.0 Å². The lowest BCUT2D eigenvalue weighted by Gasteiger charge is -2.18. The van der Waals surface area contributed by atoms with E-state index < -0.39 is 0 Å². The lowest BCUT2D eigenvalue weighted by Crippen LogP contribution is -2.24. The van der Waals surface area contributed by atoms with E-state index in [-0.39, 0.29) is 5.78 Å². The Morgan fingerprint density at radius 3 is 2.43 bits per heavy atom. The fourth-order valence-electron chi connectivity index (χ4n) is 1.93. The van der Waals surface area contributed by atoms with Crippen molar-refractivity contribution in [3.63, 3.8) is 0 Å². The molecule has 2 aromatic rings. The van der Waals surface area contributed by atoms with Gasteiger partial charge in [0.15, 0.2) is 11.6 Å². The third kappa shape index (κ3) is 3.75. The van der Waals surface area contributed by atoms with E-state index in [0.717, 1.165) is 18.8 Å². The standard InChI is InChI=1S/C15H19N5O/c1-4-20(5-2)15-18-14(10-16-19-15)17-13-8-6-12(7-9-13)11(3)21/h6-10H,4-5H2,1-3H3,(H,17,18,19). The van der Waals surface area contributed by atoms with Gasteiger partial charge in [0.25, 0.3) is 0 Å². The molecule has 0 aliphatic carbocycles. The van der Waals surface area contributed by atoms with Gasteiger partial charge in [-0.15, -0.1) is 5.10 Å². The molecule has 0 amide bonds. The molecule has 1 N–H and O–H groups in total. The quantitative estimate of drug-likeness (QED) is 0.823. The van der Waals surface area contributed by atoms with Gasteiger partial charge in [-0.25, -0.2) is 0 Å². The smallest absolute Gasteiger partial charge is 0.247 e. The van der Waals surface area contributed by atoms with Crippen LogP contribution in [-0.2, 0) is 0 Å². The Hall–Kier alpha value is -2.50. The summed E-state index contributed by atoms with van der Waals surface area (Å²) in [4.78, 5) is 17.7. The van der Waals surface area contributed by atoms with Crippen LogP contribution < -0.4 is 10.2 Å². The normalized spacial score (nSPS) is 10.2. The van der Waals surface area contributed by atoms with Crippen LogP contribution in [0.5, 0.6) is 0 Å². The number of carbonyl (C=O) groups is 1. The maximum Gasteiger partial charge on any atom is 0.247 e. The molecule has 6 nitrogen and oxygen atoms in total. The lowest BCUT2D eigenvalue weighted by molar-refractivity contribution is 0.101. The first-order valence-corrected chi connectivity index (χ1v) is 6.96. The highest BCUT2D eigenvalue weighted by atomic mass is 16.1. The molecule has 0 radical (unpaired) electrons. The van der Waals surface area contributed by atoms with Gasteiger partial charge in [0.2, 0.25) is 5.95 Å². The van der Waals surface area contributed by atoms with Crippen LogP contribution in [0.4, 0.5) is 17.5 Å². The van der Waals surface area contributed by atoms with Crippen LogP contribution in [0.25, 0.3) is 0 Å². The predicted octanol–water partition coefficient (Wildman–Crippen LogP) is 2.66. The van der Waals surface area contributed by atoms with Gasteiger partial charge in [0.05, 0.1) is 6.20 Å². The average Bonchev–Trinajstić information content (AvgIpc) is 2.49. The summed E-state index contributed by atoms with van der Waals surface area (Å²) in [5.41, 5.74) is 1.54. The Bertz CT molecular complexity index is 608. The Morgan fingerprint density at radius 1 is 1.19 bits per heavy atom. The Kier molecular flexibility index (Phi) is 4.81. The second kappa shape index (κ2) is 6.78. The lowest BCUT2D eigenvalue weighted by atomic mass is 10.1. The van der Waals surface area contributed by atoms with E-state index in [1.54, 1.807) is 25.3 Å².